The van der Waals surface area contributed by atoms with Gasteiger partial charge in [0.25, 0.3) is 0 Å². The van der Waals surface area contributed by atoms with Gasteiger partial charge in [0.05, 0.1) is 17.6 Å². The van der Waals surface area contributed by atoms with Crippen molar-refractivity contribution >= 4 is 16.7 Å². The summed E-state index contributed by atoms with van der Waals surface area (Å²) in [5.41, 5.74) is 3.69. The summed E-state index contributed by atoms with van der Waals surface area (Å²) in [5, 5.41) is 9.25. The summed E-state index contributed by atoms with van der Waals surface area (Å²) in [6.07, 6.45) is 3.56. The highest BCUT2D eigenvalue weighted by Crippen LogP contribution is 2.29. The first-order valence-corrected chi connectivity index (χ1v) is 9.05. The third-order valence-corrected chi connectivity index (χ3v) is 5.12. The number of aromatic nitrogens is 4. The molecule has 0 spiro atoms. The van der Waals surface area contributed by atoms with Gasteiger partial charge in [0.1, 0.15) is 23.0 Å². The second-order valence-electron chi connectivity index (χ2n) is 6.84. The third-order valence-electron chi connectivity index (χ3n) is 5.12. The average molecular weight is 390 g/mol. The van der Waals surface area contributed by atoms with E-state index in [-0.39, 0.29) is 11.1 Å². The van der Waals surface area contributed by atoms with Crippen LogP contribution in [0.1, 0.15) is 5.56 Å². The Kier molecular flexibility index (Phi) is 3.92. The summed E-state index contributed by atoms with van der Waals surface area (Å²) < 4.78 is 32.1. The van der Waals surface area contributed by atoms with E-state index >= 15 is 0 Å². The summed E-state index contributed by atoms with van der Waals surface area (Å²) in [5.74, 6) is -0.795. The molecular weight excluding hydrogens is 374 g/mol. The highest BCUT2D eigenvalue weighted by Gasteiger charge is 2.16. The Hall–Kier alpha value is -3.58. The SMILES string of the molecule is Cn1c(-c2cn3cc(-c4ccc(F)c(CO)c4F)ccc3n2)nc2ccccc21. The van der Waals surface area contributed by atoms with Crippen molar-refractivity contribution in [2.24, 2.45) is 7.05 Å². The van der Waals surface area contributed by atoms with Gasteiger partial charge in [-0.05, 0) is 36.4 Å². The number of hydrogen-bond acceptors (Lipinski definition) is 3. The van der Waals surface area contributed by atoms with Crippen LogP contribution in [-0.2, 0) is 13.7 Å². The molecule has 0 saturated heterocycles. The zero-order valence-electron chi connectivity index (χ0n) is 15.5. The van der Waals surface area contributed by atoms with Gasteiger partial charge in [-0.2, -0.15) is 0 Å². The van der Waals surface area contributed by atoms with Gasteiger partial charge in [-0.1, -0.05) is 12.1 Å². The van der Waals surface area contributed by atoms with Gasteiger partial charge in [-0.25, -0.2) is 18.7 Å². The minimum Gasteiger partial charge on any atom is -0.391 e. The number of aryl methyl sites for hydroxylation is 1. The fourth-order valence-corrected chi connectivity index (χ4v) is 3.60. The zero-order chi connectivity index (χ0) is 20.1. The number of pyridine rings is 1. The van der Waals surface area contributed by atoms with Gasteiger partial charge >= 0.3 is 0 Å². The van der Waals surface area contributed by atoms with Crippen molar-refractivity contribution in [2.75, 3.05) is 0 Å². The highest BCUT2D eigenvalue weighted by atomic mass is 19.1. The van der Waals surface area contributed by atoms with E-state index in [1.807, 2.05) is 42.1 Å². The Balaban J connectivity index is 1.63. The van der Waals surface area contributed by atoms with E-state index in [0.29, 0.717) is 16.9 Å². The number of fused-ring (bicyclic) bond motifs is 2. The third kappa shape index (κ3) is 2.70. The maximum absolute atomic E-state index is 14.6. The maximum atomic E-state index is 14.6. The molecule has 7 heteroatoms. The van der Waals surface area contributed by atoms with Crippen LogP contribution in [0.4, 0.5) is 8.78 Å². The number of hydrogen-bond donors (Lipinski definition) is 1. The van der Waals surface area contributed by atoms with Crippen molar-refractivity contribution in [1.29, 1.82) is 0 Å². The van der Waals surface area contributed by atoms with E-state index in [0.717, 1.165) is 22.9 Å². The molecule has 0 aliphatic heterocycles. The Morgan fingerprint density at radius 2 is 1.79 bits per heavy atom. The van der Waals surface area contributed by atoms with E-state index in [2.05, 4.69) is 9.97 Å². The van der Waals surface area contributed by atoms with Crippen LogP contribution in [-0.4, -0.2) is 24.0 Å². The van der Waals surface area contributed by atoms with Gasteiger partial charge in [-0.3, -0.25) is 0 Å². The van der Waals surface area contributed by atoms with Crippen molar-refractivity contribution in [2.45, 2.75) is 6.61 Å². The average Bonchev–Trinajstić information content (AvgIpc) is 3.29. The quantitative estimate of drug-likeness (QED) is 0.499. The number of para-hydroxylation sites is 2. The molecule has 0 radical (unpaired) electrons. The lowest BCUT2D eigenvalue weighted by atomic mass is 10.0. The second kappa shape index (κ2) is 6.49. The van der Waals surface area contributed by atoms with Crippen LogP contribution >= 0.6 is 0 Å². The van der Waals surface area contributed by atoms with Gasteiger partial charge in [0.2, 0.25) is 0 Å². The van der Waals surface area contributed by atoms with Crippen molar-refractivity contribution in [3.05, 3.63) is 78.1 Å². The van der Waals surface area contributed by atoms with Crippen LogP contribution in [0.15, 0.2) is 60.9 Å². The predicted octanol–water partition coefficient (Wildman–Crippen LogP) is 4.33. The van der Waals surface area contributed by atoms with Gasteiger partial charge in [-0.15, -0.1) is 0 Å². The number of aliphatic hydroxyl groups is 1. The summed E-state index contributed by atoms with van der Waals surface area (Å²) in [6.45, 7) is -0.699. The molecule has 0 bridgehead atoms. The number of halogens is 2. The van der Waals surface area contributed by atoms with Crippen LogP contribution < -0.4 is 0 Å². The molecule has 0 aliphatic carbocycles. The molecule has 5 nitrogen and oxygen atoms in total. The molecule has 2 aromatic carbocycles. The molecule has 5 aromatic rings. The number of aliphatic hydroxyl groups excluding tert-OH is 1. The lowest BCUT2D eigenvalue weighted by molar-refractivity contribution is 0.269. The molecule has 0 fully saturated rings. The van der Waals surface area contributed by atoms with Crippen LogP contribution in [0.3, 0.4) is 0 Å². The lowest BCUT2D eigenvalue weighted by Crippen LogP contribution is -1.98. The largest absolute Gasteiger partial charge is 0.391 e. The Bertz CT molecular complexity index is 1390. The molecule has 0 unspecified atom stereocenters. The molecule has 0 saturated carbocycles. The van der Waals surface area contributed by atoms with Crippen molar-refractivity contribution < 1.29 is 13.9 Å². The molecule has 0 atom stereocenters. The van der Waals surface area contributed by atoms with Gasteiger partial charge < -0.3 is 14.1 Å². The summed E-state index contributed by atoms with van der Waals surface area (Å²) in [6, 6.07) is 13.9. The first-order valence-electron chi connectivity index (χ1n) is 9.05. The topological polar surface area (TPSA) is 55.4 Å². The summed E-state index contributed by atoms with van der Waals surface area (Å²) >= 11 is 0. The van der Waals surface area contributed by atoms with Gasteiger partial charge in [0.15, 0.2) is 5.82 Å². The Morgan fingerprint density at radius 1 is 0.966 bits per heavy atom. The second-order valence-corrected chi connectivity index (χ2v) is 6.84. The van der Waals surface area contributed by atoms with Gasteiger partial charge in [0, 0.05) is 36.1 Å². The lowest BCUT2D eigenvalue weighted by Gasteiger charge is -2.08. The number of nitrogens with zero attached hydrogens (tertiary/aromatic N) is 4. The molecular formula is C22H16F2N4O. The minimum atomic E-state index is -0.762. The fraction of sp³-hybridized carbons (Fsp3) is 0.0909. The minimum absolute atomic E-state index is 0.218. The van der Waals surface area contributed by atoms with Crippen LogP contribution in [0.2, 0.25) is 0 Å². The molecule has 3 heterocycles. The zero-order valence-corrected chi connectivity index (χ0v) is 15.5. The smallest absolute Gasteiger partial charge is 0.161 e. The monoisotopic (exact) mass is 390 g/mol. The Labute approximate surface area is 164 Å². The van der Waals surface area contributed by atoms with Crippen molar-refractivity contribution in [3.63, 3.8) is 0 Å². The normalized spacial score (nSPS) is 11.6. The van der Waals surface area contributed by atoms with E-state index in [1.165, 1.54) is 6.07 Å². The molecule has 0 aliphatic rings. The predicted molar refractivity (Wildman–Crippen MR) is 106 cm³/mol. The molecule has 29 heavy (non-hydrogen) atoms. The first kappa shape index (κ1) is 17.5. The van der Waals surface area contributed by atoms with E-state index in [1.54, 1.807) is 22.7 Å². The summed E-state index contributed by atoms with van der Waals surface area (Å²) in [7, 11) is 1.93. The van der Waals surface area contributed by atoms with Crippen molar-refractivity contribution in [3.8, 4) is 22.6 Å². The fourth-order valence-electron chi connectivity index (χ4n) is 3.60. The molecule has 0 amide bonds. The van der Waals surface area contributed by atoms with E-state index < -0.39 is 18.2 Å². The molecule has 1 N–H and O–H groups in total. The molecule has 144 valence electrons. The van der Waals surface area contributed by atoms with Crippen LogP contribution in [0, 0.1) is 11.6 Å². The maximum Gasteiger partial charge on any atom is 0.161 e. The number of benzene rings is 2. The highest BCUT2D eigenvalue weighted by molar-refractivity contribution is 5.80. The van der Waals surface area contributed by atoms with Crippen molar-refractivity contribution in [1.82, 2.24) is 18.9 Å². The van der Waals surface area contributed by atoms with Crippen LogP contribution in [0.5, 0.6) is 0 Å². The number of imidazole rings is 2. The standard InChI is InChI=1S/C22H16F2N4O/c1-27-19-5-3-2-4-17(19)26-22(27)18-11-28-10-13(6-9-20(28)25-18)14-7-8-16(23)15(12-29)21(14)24/h2-11,29H,12H2,1H3. The molecule has 5 rings (SSSR count). The van der Waals surface area contributed by atoms with Crippen LogP contribution in [0.25, 0.3) is 39.3 Å². The first-order chi connectivity index (χ1) is 14.1. The summed E-state index contributed by atoms with van der Waals surface area (Å²) in [4.78, 5) is 9.29. The van der Waals surface area contributed by atoms with E-state index in [4.69, 9.17) is 0 Å². The number of rotatable bonds is 3. The van der Waals surface area contributed by atoms with E-state index in [9.17, 15) is 13.9 Å². The molecule has 3 aromatic heterocycles. The Morgan fingerprint density at radius 3 is 2.59 bits per heavy atom.